The van der Waals surface area contributed by atoms with Crippen LogP contribution in [0, 0.1) is 29.6 Å². The minimum atomic E-state index is -1.19. The third kappa shape index (κ3) is 3.95. The fourth-order valence-electron chi connectivity index (χ4n) is 7.31. The number of carboxylic acid groups (broad SMARTS) is 1. The summed E-state index contributed by atoms with van der Waals surface area (Å²) in [7, 11) is 0. The number of hydrogen-bond donors (Lipinski definition) is 2. The van der Waals surface area contributed by atoms with Crippen LogP contribution in [-0.2, 0) is 21.0 Å². The number of thioether (sulfide) groups is 1. The Labute approximate surface area is 236 Å². The highest BCUT2D eigenvalue weighted by molar-refractivity contribution is 8.00. The number of thiazole rings is 1. The first-order valence-corrected chi connectivity index (χ1v) is 14.8. The Morgan fingerprint density at radius 2 is 1.82 bits per heavy atom. The van der Waals surface area contributed by atoms with Crippen LogP contribution >= 0.6 is 34.7 Å². The lowest BCUT2D eigenvalue weighted by Gasteiger charge is -2.43. The lowest BCUT2D eigenvalue weighted by Crippen LogP contribution is -2.42. The second-order valence-corrected chi connectivity index (χ2v) is 13.2. The smallest absolute Gasteiger partial charge is 0.323 e. The van der Waals surface area contributed by atoms with Gasteiger partial charge in [-0.1, -0.05) is 47.2 Å². The van der Waals surface area contributed by atoms with Gasteiger partial charge in [0.1, 0.15) is 18.9 Å². The van der Waals surface area contributed by atoms with E-state index in [1.54, 1.807) is 11.8 Å². The van der Waals surface area contributed by atoms with Crippen LogP contribution in [0.2, 0.25) is 5.02 Å². The molecule has 0 radical (unpaired) electrons. The summed E-state index contributed by atoms with van der Waals surface area (Å²) in [5.74, 6) is -2.32. The number of amides is 2. The highest BCUT2D eigenvalue weighted by atomic mass is 35.5. The number of carboxylic acids is 1. The normalized spacial score (nSPS) is 30.3. The standard InChI is InChI=1S/C28H23ClN2O6S2/c29-14-3-1-2-12(8-14)11-37-15-6-4-13(5-7-15)19-20-16-9-17(23(20)38-25-24(19)39-28(36)30-25)22-21(16)26(34)31(27(22)35)10-18(32)33/h1-8,16-17,19-23H,9-11H2,(H,30,36)(H,32,33)/t16?,17?,19-,20?,21?,22?,23?/m1/s1. The maximum atomic E-state index is 13.3. The minimum absolute atomic E-state index is 0.0374. The number of aromatic nitrogens is 1. The van der Waals surface area contributed by atoms with Crippen molar-refractivity contribution in [2.45, 2.75) is 29.2 Å². The number of rotatable bonds is 6. The molecule has 3 fully saturated rings. The van der Waals surface area contributed by atoms with Crippen LogP contribution < -0.4 is 9.61 Å². The second-order valence-electron chi connectivity index (χ2n) is 10.6. The van der Waals surface area contributed by atoms with Gasteiger partial charge >= 0.3 is 10.8 Å². The summed E-state index contributed by atoms with van der Waals surface area (Å²) in [6.07, 6.45) is 0.757. The summed E-state index contributed by atoms with van der Waals surface area (Å²) in [5.41, 5.74) is 1.99. The molecule has 1 saturated heterocycles. The lowest BCUT2D eigenvalue weighted by molar-refractivity contribution is -0.149. The molecule has 7 rings (SSSR count). The Bertz CT molecular complexity index is 1570. The number of imide groups is 1. The van der Waals surface area contributed by atoms with E-state index in [9.17, 15) is 24.3 Å². The molecule has 2 aromatic carbocycles. The van der Waals surface area contributed by atoms with Crippen LogP contribution in [0.3, 0.4) is 0 Å². The summed E-state index contributed by atoms with van der Waals surface area (Å²) in [6, 6.07) is 15.4. The number of carbonyl (C=O) groups is 3. The number of fused-ring (bicyclic) bond motifs is 9. The number of hydrogen-bond acceptors (Lipinski definition) is 7. The first-order chi connectivity index (χ1) is 18.8. The molecule has 3 aromatic rings. The molecule has 200 valence electrons. The van der Waals surface area contributed by atoms with Crippen molar-refractivity contribution in [2.75, 3.05) is 6.54 Å². The number of carbonyl (C=O) groups excluding carboxylic acids is 2. The Balaban J connectivity index is 1.20. The number of likely N-dealkylation sites (tertiary alicyclic amines) is 1. The molecule has 39 heavy (non-hydrogen) atoms. The average Bonchev–Trinajstić information content (AvgIpc) is 3.64. The van der Waals surface area contributed by atoms with Crippen LogP contribution in [0.5, 0.6) is 5.75 Å². The van der Waals surface area contributed by atoms with Gasteiger partial charge in [0.25, 0.3) is 0 Å². The predicted molar refractivity (Wildman–Crippen MR) is 145 cm³/mol. The number of aromatic amines is 1. The molecule has 4 aliphatic rings. The van der Waals surface area contributed by atoms with Gasteiger partial charge in [-0.3, -0.25) is 24.1 Å². The van der Waals surface area contributed by atoms with Crippen molar-refractivity contribution in [1.29, 1.82) is 0 Å². The SMILES string of the molecule is O=C(O)CN1C(=O)C2C3CC(C2C1=O)C1C3Sc2[nH]c(=O)sc2[C@@H]1c1ccc(OCc2cccc(Cl)c2)cc1. The Morgan fingerprint density at radius 1 is 1.08 bits per heavy atom. The third-order valence-electron chi connectivity index (χ3n) is 8.64. The first-order valence-electron chi connectivity index (χ1n) is 12.7. The van der Waals surface area contributed by atoms with Crippen molar-refractivity contribution in [3.05, 3.63) is 79.2 Å². The van der Waals surface area contributed by atoms with E-state index in [2.05, 4.69) is 4.98 Å². The summed E-state index contributed by atoms with van der Waals surface area (Å²) < 4.78 is 5.97. The van der Waals surface area contributed by atoms with Gasteiger partial charge in [0, 0.05) is 21.1 Å². The average molecular weight is 583 g/mol. The summed E-state index contributed by atoms with van der Waals surface area (Å²) >= 11 is 8.89. The number of nitrogens with one attached hydrogen (secondary N) is 1. The van der Waals surface area contributed by atoms with Gasteiger partial charge in [-0.2, -0.15) is 0 Å². The maximum absolute atomic E-state index is 13.3. The number of nitrogens with zero attached hydrogens (tertiary/aromatic N) is 1. The van der Waals surface area contributed by atoms with Crippen LogP contribution in [0.25, 0.3) is 0 Å². The Kier molecular flexibility index (Phi) is 5.91. The zero-order valence-corrected chi connectivity index (χ0v) is 22.8. The fraction of sp³-hybridized carbons (Fsp3) is 0.357. The molecular formula is C28H23ClN2O6S2. The molecule has 2 aliphatic carbocycles. The number of ether oxygens (including phenoxy) is 1. The molecule has 2 aliphatic heterocycles. The number of halogens is 1. The quantitative estimate of drug-likeness (QED) is 0.418. The largest absolute Gasteiger partial charge is 0.489 e. The van der Waals surface area contributed by atoms with Crippen molar-refractivity contribution in [1.82, 2.24) is 9.88 Å². The molecule has 1 aromatic heterocycles. The van der Waals surface area contributed by atoms with Gasteiger partial charge in [-0.15, -0.1) is 11.8 Å². The highest BCUT2D eigenvalue weighted by Gasteiger charge is 2.69. The minimum Gasteiger partial charge on any atom is -0.489 e. The van der Waals surface area contributed by atoms with Gasteiger partial charge in [0.15, 0.2) is 0 Å². The van der Waals surface area contributed by atoms with Crippen LogP contribution in [0.1, 0.15) is 28.3 Å². The van der Waals surface area contributed by atoms with Crippen molar-refractivity contribution in [3.63, 3.8) is 0 Å². The van der Waals surface area contributed by atoms with Crippen LogP contribution in [0.4, 0.5) is 0 Å². The monoisotopic (exact) mass is 582 g/mol. The van der Waals surface area contributed by atoms with E-state index in [0.717, 1.165) is 32.4 Å². The predicted octanol–water partition coefficient (Wildman–Crippen LogP) is 4.23. The van der Waals surface area contributed by atoms with E-state index in [4.69, 9.17) is 16.3 Å². The van der Waals surface area contributed by atoms with Crippen LogP contribution in [0.15, 0.2) is 58.4 Å². The van der Waals surface area contributed by atoms with Crippen molar-refractivity contribution in [2.24, 2.45) is 29.6 Å². The second kappa shape index (κ2) is 9.25. The van der Waals surface area contributed by atoms with E-state index in [-0.39, 0.29) is 45.6 Å². The zero-order valence-electron chi connectivity index (χ0n) is 20.4. The van der Waals surface area contributed by atoms with Gasteiger partial charge in [-0.05, 0) is 59.6 Å². The number of H-pyrrole nitrogens is 1. The number of aliphatic carboxylic acids is 1. The molecule has 6 unspecified atom stereocenters. The molecule has 3 heterocycles. The van der Waals surface area contributed by atoms with Crippen molar-refractivity contribution >= 4 is 52.5 Å². The maximum Gasteiger partial charge on any atom is 0.323 e. The fourth-order valence-corrected chi connectivity index (χ4v) is 10.4. The molecule has 2 saturated carbocycles. The number of benzene rings is 2. The summed E-state index contributed by atoms with van der Waals surface area (Å²) in [5, 5.41) is 10.8. The topological polar surface area (TPSA) is 117 Å². The van der Waals surface area contributed by atoms with E-state index in [1.165, 1.54) is 11.3 Å². The molecule has 7 atom stereocenters. The first kappa shape index (κ1) is 24.9. The zero-order chi connectivity index (χ0) is 27.0. The van der Waals surface area contributed by atoms with Gasteiger partial charge in [-0.25, -0.2) is 0 Å². The van der Waals surface area contributed by atoms with Crippen LogP contribution in [-0.4, -0.2) is 44.6 Å². The van der Waals surface area contributed by atoms with Gasteiger partial charge < -0.3 is 14.8 Å². The Morgan fingerprint density at radius 3 is 2.54 bits per heavy atom. The Hall–Kier alpha value is -3.08. The third-order valence-corrected chi connectivity index (χ3v) is 11.5. The lowest BCUT2D eigenvalue weighted by atomic mass is 9.68. The molecule has 11 heteroatoms. The van der Waals surface area contributed by atoms with E-state index >= 15 is 0 Å². The molecule has 2 N–H and O–H groups in total. The van der Waals surface area contributed by atoms with Gasteiger partial charge in [0.05, 0.1) is 16.9 Å². The molecule has 2 bridgehead atoms. The van der Waals surface area contributed by atoms with Crippen molar-refractivity contribution < 1.29 is 24.2 Å². The van der Waals surface area contributed by atoms with Crippen molar-refractivity contribution in [3.8, 4) is 5.75 Å². The molecule has 0 spiro atoms. The molecular weight excluding hydrogens is 560 g/mol. The van der Waals surface area contributed by atoms with E-state index in [0.29, 0.717) is 17.4 Å². The molecule has 8 nitrogen and oxygen atoms in total. The van der Waals surface area contributed by atoms with E-state index in [1.807, 2.05) is 48.5 Å². The summed E-state index contributed by atoms with van der Waals surface area (Å²) in [4.78, 5) is 55.0. The van der Waals surface area contributed by atoms with Gasteiger partial charge in [0.2, 0.25) is 11.8 Å². The highest BCUT2D eigenvalue weighted by Crippen LogP contribution is 2.68. The summed E-state index contributed by atoms with van der Waals surface area (Å²) in [6.45, 7) is -0.211. The van der Waals surface area contributed by atoms with E-state index < -0.39 is 24.3 Å². The molecule has 2 amide bonds.